The topological polar surface area (TPSA) is 40.5 Å². The molecule has 1 saturated heterocycles. The zero-order valence-electron chi connectivity index (χ0n) is 9.70. The Labute approximate surface area is 91.8 Å². The summed E-state index contributed by atoms with van der Waals surface area (Å²) in [6.07, 6.45) is 6.66. The van der Waals surface area contributed by atoms with Crippen LogP contribution in [0.1, 0.15) is 33.1 Å². The molecule has 1 N–H and O–H groups in total. The van der Waals surface area contributed by atoms with Gasteiger partial charge in [0.1, 0.15) is 0 Å². The first kappa shape index (κ1) is 12.2. The zero-order valence-corrected chi connectivity index (χ0v) is 9.70. The van der Waals surface area contributed by atoms with E-state index in [0.717, 1.165) is 19.6 Å². The van der Waals surface area contributed by atoms with Crippen LogP contribution in [0.2, 0.25) is 0 Å². The standard InChI is InChI=1S/C12H21NO2/c1-3-12(2)6-9-13(10-7-12)8-4-5-11(14)15/h4-5H,3,6-10H2,1-2H3,(H,14,15). The van der Waals surface area contributed by atoms with Gasteiger partial charge in [-0.3, -0.25) is 4.90 Å². The molecule has 0 spiro atoms. The molecule has 15 heavy (non-hydrogen) atoms. The summed E-state index contributed by atoms with van der Waals surface area (Å²) in [6, 6.07) is 0. The second-order valence-electron chi connectivity index (χ2n) is 4.71. The summed E-state index contributed by atoms with van der Waals surface area (Å²) in [6.45, 7) is 7.55. The van der Waals surface area contributed by atoms with Crippen LogP contribution in [-0.4, -0.2) is 35.6 Å². The molecule has 0 aromatic heterocycles. The summed E-state index contributed by atoms with van der Waals surface area (Å²) in [5.41, 5.74) is 0.507. The summed E-state index contributed by atoms with van der Waals surface area (Å²) < 4.78 is 0. The number of carbonyl (C=O) groups is 1. The molecule has 0 aromatic rings. The van der Waals surface area contributed by atoms with E-state index in [4.69, 9.17) is 5.11 Å². The molecule has 0 amide bonds. The molecule has 3 heteroatoms. The average molecular weight is 211 g/mol. The van der Waals surface area contributed by atoms with Gasteiger partial charge in [0.05, 0.1) is 0 Å². The Morgan fingerprint density at radius 1 is 1.47 bits per heavy atom. The molecule has 0 saturated carbocycles. The highest BCUT2D eigenvalue weighted by molar-refractivity contribution is 5.79. The number of carboxylic acid groups (broad SMARTS) is 1. The van der Waals surface area contributed by atoms with Crippen LogP contribution < -0.4 is 0 Å². The van der Waals surface area contributed by atoms with Crippen molar-refractivity contribution in [2.24, 2.45) is 5.41 Å². The zero-order chi connectivity index (χ0) is 11.3. The highest BCUT2D eigenvalue weighted by atomic mass is 16.4. The van der Waals surface area contributed by atoms with Crippen molar-refractivity contribution in [2.45, 2.75) is 33.1 Å². The second kappa shape index (κ2) is 5.31. The fourth-order valence-corrected chi connectivity index (χ4v) is 1.93. The maximum Gasteiger partial charge on any atom is 0.328 e. The van der Waals surface area contributed by atoms with Crippen molar-refractivity contribution in [3.63, 3.8) is 0 Å². The van der Waals surface area contributed by atoms with Gasteiger partial charge in [0.2, 0.25) is 0 Å². The molecule has 0 atom stereocenters. The highest BCUT2D eigenvalue weighted by Gasteiger charge is 2.27. The Kier molecular flexibility index (Phi) is 4.33. The normalized spacial score (nSPS) is 22.0. The van der Waals surface area contributed by atoms with Crippen molar-refractivity contribution in [3.8, 4) is 0 Å². The molecular formula is C12H21NO2. The van der Waals surface area contributed by atoms with Gasteiger partial charge < -0.3 is 5.11 Å². The predicted octanol–water partition coefficient (Wildman–Crippen LogP) is 2.14. The van der Waals surface area contributed by atoms with Gasteiger partial charge in [0.25, 0.3) is 0 Å². The Morgan fingerprint density at radius 2 is 2.07 bits per heavy atom. The number of likely N-dealkylation sites (tertiary alicyclic amines) is 1. The van der Waals surface area contributed by atoms with Gasteiger partial charge in [-0.2, -0.15) is 0 Å². The van der Waals surface area contributed by atoms with Crippen molar-refractivity contribution < 1.29 is 9.90 Å². The molecule has 1 rings (SSSR count). The van der Waals surface area contributed by atoms with Crippen LogP contribution in [0.3, 0.4) is 0 Å². The van der Waals surface area contributed by atoms with Crippen molar-refractivity contribution >= 4 is 5.97 Å². The van der Waals surface area contributed by atoms with E-state index < -0.39 is 5.97 Å². The van der Waals surface area contributed by atoms with Crippen molar-refractivity contribution in [1.29, 1.82) is 0 Å². The molecule has 1 aliphatic heterocycles. The smallest absolute Gasteiger partial charge is 0.328 e. The SMILES string of the molecule is CCC1(C)CCN(CC=CC(=O)O)CC1. The quantitative estimate of drug-likeness (QED) is 0.724. The van der Waals surface area contributed by atoms with Crippen molar-refractivity contribution in [2.75, 3.05) is 19.6 Å². The summed E-state index contributed by atoms with van der Waals surface area (Å²) in [7, 11) is 0. The van der Waals surface area contributed by atoms with E-state index in [-0.39, 0.29) is 0 Å². The van der Waals surface area contributed by atoms with E-state index in [2.05, 4.69) is 18.7 Å². The lowest BCUT2D eigenvalue weighted by molar-refractivity contribution is -0.131. The Bertz CT molecular complexity index is 240. The molecule has 1 fully saturated rings. The summed E-state index contributed by atoms with van der Waals surface area (Å²) >= 11 is 0. The van der Waals surface area contributed by atoms with Crippen LogP contribution >= 0.6 is 0 Å². The molecular weight excluding hydrogens is 190 g/mol. The summed E-state index contributed by atoms with van der Waals surface area (Å²) in [4.78, 5) is 12.6. The van der Waals surface area contributed by atoms with Gasteiger partial charge in [-0.05, 0) is 31.3 Å². The largest absolute Gasteiger partial charge is 0.478 e. The summed E-state index contributed by atoms with van der Waals surface area (Å²) in [5, 5.41) is 8.46. The lowest BCUT2D eigenvalue weighted by atomic mass is 9.78. The highest BCUT2D eigenvalue weighted by Crippen LogP contribution is 2.33. The van der Waals surface area contributed by atoms with Crippen molar-refractivity contribution in [3.05, 3.63) is 12.2 Å². The average Bonchev–Trinajstić information content (AvgIpc) is 2.21. The van der Waals surface area contributed by atoms with E-state index in [1.165, 1.54) is 25.3 Å². The number of hydrogen-bond acceptors (Lipinski definition) is 2. The lowest BCUT2D eigenvalue weighted by Crippen LogP contribution is -2.38. The molecule has 0 unspecified atom stereocenters. The first-order chi connectivity index (χ1) is 7.06. The minimum atomic E-state index is -0.856. The molecule has 0 radical (unpaired) electrons. The van der Waals surface area contributed by atoms with E-state index in [1.807, 2.05) is 0 Å². The van der Waals surface area contributed by atoms with Gasteiger partial charge in [-0.1, -0.05) is 26.3 Å². The van der Waals surface area contributed by atoms with Gasteiger partial charge in [0, 0.05) is 12.6 Å². The van der Waals surface area contributed by atoms with Gasteiger partial charge in [0.15, 0.2) is 0 Å². The van der Waals surface area contributed by atoms with E-state index in [1.54, 1.807) is 6.08 Å². The van der Waals surface area contributed by atoms with Crippen LogP contribution in [0.15, 0.2) is 12.2 Å². The van der Waals surface area contributed by atoms with E-state index in [0.29, 0.717) is 5.41 Å². The summed E-state index contributed by atoms with van der Waals surface area (Å²) in [5.74, 6) is -0.856. The number of piperidine rings is 1. The number of nitrogens with zero attached hydrogens (tertiary/aromatic N) is 1. The molecule has 0 aromatic carbocycles. The third-order valence-corrected chi connectivity index (χ3v) is 3.54. The second-order valence-corrected chi connectivity index (χ2v) is 4.71. The van der Waals surface area contributed by atoms with E-state index in [9.17, 15) is 4.79 Å². The van der Waals surface area contributed by atoms with Gasteiger partial charge in [-0.25, -0.2) is 4.79 Å². The molecule has 3 nitrogen and oxygen atoms in total. The maximum absolute atomic E-state index is 10.3. The minimum absolute atomic E-state index is 0.507. The van der Waals surface area contributed by atoms with Crippen LogP contribution in [0.5, 0.6) is 0 Å². The Balaban J connectivity index is 2.29. The number of carboxylic acids is 1. The third kappa shape index (κ3) is 4.04. The third-order valence-electron chi connectivity index (χ3n) is 3.54. The number of aliphatic carboxylic acids is 1. The fraction of sp³-hybridized carbons (Fsp3) is 0.750. The molecule has 0 bridgehead atoms. The Hall–Kier alpha value is -0.830. The fourth-order valence-electron chi connectivity index (χ4n) is 1.93. The van der Waals surface area contributed by atoms with Crippen molar-refractivity contribution in [1.82, 2.24) is 4.90 Å². The molecule has 0 aliphatic carbocycles. The Morgan fingerprint density at radius 3 is 2.53 bits per heavy atom. The maximum atomic E-state index is 10.3. The van der Waals surface area contributed by atoms with Crippen LogP contribution in [-0.2, 0) is 4.79 Å². The minimum Gasteiger partial charge on any atom is -0.478 e. The van der Waals surface area contributed by atoms with Crippen LogP contribution in [0.4, 0.5) is 0 Å². The molecule has 86 valence electrons. The van der Waals surface area contributed by atoms with E-state index >= 15 is 0 Å². The first-order valence-corrected chi connectivity index (χ1v) is 5.67. The van der Waals surface area contributed by atoms with Crippen LogP contribution in [0, 0.1) is 5.41 Å². The van der Waals surface area contributed by atoms with Gasteiger partial charge >= 0.3 is 5.97 Å². The lowest BCUT2D eigenvalue weighted by Gasteiger charge is -2.38. The van der Waals surface area contributed by atoms with Gasteiger partial charge in [-0.15, -0.1) is 0 Å². The molecule has 1 aliphatic rings. The monoisotopic (exact) mass is 211 g/mol. The molecule has 1 heterocycles. The number of hydrogen-bond donors (Lipinski definition) is 1. The first-order valence-electron chi connectivity index (χ1n) is 5.67. The predicted molar refractivity (Wildman–Crippen MR) is 60.8 cm³/mol. The number of rotatable bonds is 4. The van der Waals surface area contributed by atoms with Crippen LogP contribution in [0.25, 0.3) is 0 Å².